The van der Waals surface area contributed by atoms with E-state index in [9.17, 15) is 38.4 Å². The number of carbonyl (C=O) groups is 8. The molecule has 619 valence electrons. The van der Waals surface area contributed by atoms with Gasteiger partial charge in [0.05, 0.1) is 0 Å². The molecule has 10 aromatic rings. The van der Waals surface area contributed by atoms with Gasteiger partial charge in [0.2, 0.25) is 0 Å². The topological polar surface area (TPSA) is 150 Å². The number of halogens is 1. The number of nitrogens with zero attached hydrogens (tertiary/aromatic N) is 4. The van der Waals surface area contributed by atoms with Gasteiger partial charge in [0.15, 0.2) is 0 Å². The molecule has 0 bridgehead atoms. The standard InChI is InChI=1S/C34H29BrN2O4.C34H28N2O4.8C4H9.B.3Sn/c1-5-16(6-2)36-31(38)21-12-9-18-19-10-13-23-28-24(34(41)37(33(23)40)17(7-3)8-4)15-25(35)29(30(19)28)20-11-14-22(32(36)39)27(21)26(18)20;1-5-17(6-2)35-31(37)23-13-9-19-21-11-15-25-30-26(34(40)36(33(25)39)18(7-3)8-4)16-12-22(28(21)30)20-10-14-24(32(35)38)29(23)27(19)20;8*1-3-4-2;;;;/h9-17H,5-8H2,1-4H3;9,11,13-18H,5-8H2,1-4H3;8*1,3-4H2,2H3;;;;. The zero-order valence-corrected chi connectivity index (χ0v) is 83.6. The third kappa shape index (κ3) is 16.3. The average Bonchev–Trinajstić information content (AvgIpc) is 1.55. The molecule has 15 rings (SSSR count). The van der Waals surface area contributed by atoms with Crippen molar-refractivity contribution in [2.45, 2.75) is 325 Å². The first-order valence-corrected chi connectivity index (χ1v) is 65.4. The van der Waals surface area contributed by atoms with Crippen LogP contribution in [0.2, 0.25) is 35.5 Å². The van der Waals surface area contributed by atoms with E-state index in [-0.39, 0.29) is 79.8 Å². The molecule has 17 heteroatoms. The number of benzene rings is 10. The smallest absolute Gasteiger partial charge is 0 e. The zero-order chi connectivity index (χ0) is 83.3. The van der Waals surface area contributed by atoms with Crippen LogP contribution in [-0.2, 0) is 0 Å². The number of fused-ring (bicyclic) bond motifs is 3. The molecular formula is C100H129BBrN4O8Sn3. The average molecular weight is 1960 g/mol. The number of imide groups is 4. The molecule has 10 aromatic carbocycles. The van der Waals surface area contributed by atoms with Crippen molar-refractivity contribution in [1.29, 1.82) is 0 Å². The fourth-order valence-corrected chi connectivity index (χ4v) is 56.8. The Hall–Kier alpha value is -5.70. The molecule has 117 heavy (non-hydrogen) atoms. The molecule has 0 saturated heterocycles. The second-order valence-corrected chi connectivity index (χ2v) is 64.1. The number of rotatable bonds is 36. The Kier molecular flexibility index (Phi) is 31.9. The maximum atomic E-state index is 14.6. The minimum atomic E-state index is -3.64. The van der Waals surface area contributed by atoms with Crippen LogP contribution in [0.25, 0.3) is 86.2 Å². The minimum Gasteiger partial charge on any atom is 0 e. The Morgan fingerprint density at radius 2 is 0.487 bits per heavy atom. The fourth-order valence-electron chi connectivity index (χ4n) is 20.6. The molecule has 0 saturated carbocycles. The summed E-state index contributed by atoms with van der Waals surface area (Å²) in [6.07, 6.45) is 27.7. The second kappa shape index (κ2) is 40.5. The molecule has 5 heterocycles. The Morgan fingerprint density at radius 1 is 0.265 bits per heavy atom. The zero-order valence-electron chi connectivity index (χ0n) is 73.5. The Balaban J connectivity index is 0.000000177. The van der Waals surface area contributed by atoms with Crippen molar-refractivity contribution in [3.63, 3.8) is 0 Å². The summed E-state index contributed by atoms with van der Waals surface area (Å²) in [5.41, 5.74) is 4.67. The summed E-state index contributed by atoms with van der Waals surface area (Å²) in [4.78, 5) is 119. The fraction of sp³-hybridized carbons (Fsp3) is 0.520. The van der Waals surface area contributed by atoms with Crippen molar-refractivity contribution < 1.29 is 38.4 Å². The first-order chi connectivity index (χ1) is 56.2. The SMILES string of the molecule is CCC(CC)N1C(=O)c2ccc3c4ccc5c6c(cc(Br)c(c7ccc(c2c37)C1=O)c64)C(=O)N(C(CC)CC)C5=O.CCC[CH2][Sn]([CH2]CCC)[CH2]CCC.CCC[CH2][Sn]([CH2]CCC)[CH2]CCC.CCC[CH2][Sn]1([CH2]CCC)[c]2cc3c4c(ccc5c6ccc7c8c(c[c]1c(c2c45)c86)C(=O)N(C(CC)CC)C7=O)C(=O)N(C(CC)CC)C3=O.[B]. The minimum absolute atomic E-state index is 0. The molecule has 0 unspecified atom stereocenters. The van der Waals surface area contributed by atoms with E-state index in [1.54, 1.807) is 36.4 Å². The summed E-state index contributed by atoms with van der Waals surface area (Å²) in [5.74, 6) is -1.77. The van der Waals surface area contributed by atoms with Gasteiger partial charge in [-0.25, -0.2) is 0 Å². The molecular weight excluding hydrogens is 1830 g/mol. The van der Waals surface area contributed by atoms with Crippen LogP contribution in [0.5, 0.6) is 0 Å². The molecule has 5 aliphatic heterocycles. The molecule has 0 N–H and O–H groups in total. The predicted octanol–water partition coefficient (Wildman–Crippen LogP) is 26.2. The summed E-state index contributed by atoms with van der Waals surface area (Å²) in [7, 11) is 0. The van der Waals surface area contributed by atoms with Gasteiger partial charge in [0.1, 0.15) is 0 Å². The Morgan fingerprint density at radius 3 is 0.744 bits per heavy atom. The molecule has 5 radical (unpaired) electrons. The van der Waals surface area contributed by atoms with Gasteiger partial charge in [-0.3, -0.25) is 29.0 Å². The van der Waals surface area contributed by atoms with E-state index >= 15 is 0 Å². The van der Waals surface area contributed by atoms with Crippen LogP contribution in [0.1, 0.15) is 348 Å². The van der Waals surface area contributed by atoms with Crippen LogP contribution in [0.3, 0.4) is 0 Å². The van der Waals surface area contributed by atoms with E-state index in [4.69, 9.17) is 0 Å². The third-order valence-electron chi connectivity index (χ3n) is 27.1. The normalized spacial score (nSPS) is 14.8. The van der Waals surface area contributed by atoms with Crippen molar-refractivity contribution in [3.8, 4) is 0 Å². The molecule has 5 aliphatic rings. The summed E-state index contributed by atoms with van der Waals surface area (Å²) in [5, 5.41) is 14.6. The van der Waals surface area contributed by atoms with Gasteiger partial charge in [-0.15, -0.1) is 0 Å². The number of carbonyl (C=O) groups excluding carboxylic acids is 8. The van der Waals surface area contributed by atoms with Gasteiger partial charge in [-0.1, -0.05) is 61.8 Å². The first kappa shape index (κ1) is 92.0. The van der Waals surface area contributed by atoms with Gasteiger partial charge in [-0.2, -0.15) is 0 Å². The number of unbranched alkanes of at least 4 members (excludes halogenated alkanes) is 8. The summed E-state index contributed by atoms with van der Waals surface area (Å²) < 4.78 is 15.8. The van der Waals surface area contributed by atoms with Crippen LogP contribution in [-0.4, -0.2) is 157 Å². The van der Waals surface area contributed by atoms with E-state index < -0.39 is 57.9 Å². The summed E-state index contributed by atoms with van der Waals surface area (Å²) >= 11 is -1.54. The summed E-state index contributed by atoms with van der Waals surface area (Å²) in [6, 6.07) is 25.0. The predicted molar refractivity (Wildman–Crippen MR) is 502 cm³/mol. The number of amides is 8. The van der Waals surface area contributed by atoms with Crippen LogP contribution < -0.4 is 7.16 Å². The number of hydrogen-bond donors (Lipinski definition) is 0. The quantitative estimate of drug-likeness (QED) is 0.0163. The third-order valence-corrected chi connectivity index (χ3v) is 60.9. The van der Waals surface area contributed by atoms with E-state index in [1.165, 1.54) is 105 Å². The van der Waals surface area contributed by atoms with E-state index in [0.29, 0.717) is 107 Å². The van der Waals surface area contributed by atoms with Gasteiger partial charge < -0.3 is 0 Å². The van der Waals surface area contributed by atoms with Gasteiger partial charge >= 0.3 is 478 Å². The van der Waals surface area contributed by atoms with Crippen molar-refractivity contribution in [1.82, 2.24) is 19.6 Å². The Bertz CT molecular complexity index is 5130. The number of hydrogen-bond acceptors (Lipinski definition) is 8. The van der Waals surface area contributed by atoms with Crippen molar-refractivity contribution in [2.75, 3.05) is 0 Å². The van der Waals surface area contributed by atoms with Crippen molar-refractivity contribution in [3.05, 3.63) is 128 Å². The van der Waals surface area contributed by atoms with Crippen LogP contribution in [0.15, 0.2) is 83.3 Å². The van der Waals surface area contributed by atoms with Gasteiger partial charge in [0, 0.05) is 68.8 Å². The maximum absolute atomic E-state index is 14.6. The first-order valence-electron chi connectivity index (χ1n) is 45.6. The van der Waals surface area contributed by atoms with Crippen molar-refractivity contribution in [2.24, 2.45) is 0 Å². The molecule has 8 amide bonds. The molecule has 0 fully saturated rings. The van der Waals surface area contributed by atoms with Crippen LogP contribution >= 0.6 is 15.9 Å². The van der Waals surface area contributed by atoms with E-state index in [1.807, 2.05) is 82.3 Å². The van der Waals surface area contributed by atoms with Crippen LogP contribution in [0, 0.1) is 0 Å². The molecule has 0 aromatic heterocycles. The molecule has 0 spiro atoms. The molecule has 0 atom stereocenters. The van der Waals surface area contributed by atoms with E-state index in [2.05, 4.69) is 123 Å². The van der Waals surface area contributed by atoms with Gasteiger partial charge in [-0.05, 0) is 71.5 Å². The molecule has 12 nitrogen and oxygen atoms in total. The maximum Gasteiger partial charge on any atom is 0 e. The largest absolute Gasteiger partial charge is 0 e. The van der Waals surface area contributed by atoms with Gasteiger partial charge in [0.25, 0.3) is 23.6 Å². The Labute approximate surface area is 726 Å². The van der Waals surface area contributed by atoms with Crippen LogP contribution in [0.4, 0.5) is 0 Å². The van der Waals surface area contributed by atoms with Crippen molar-refractivity contribution >= 4 is 223 Å². The summed E-state index contributed by atoms with van der Waals surface area (Å²) in [6.45, 7) is 34.7. The second-order valence-electron chi connectivity index (χ2n) is 34.0. The van der Waals surface area contributed by atoms with E-state index in [0.717, 1.165) is 104 Å². The monoisotopic (exact) mass is 1960 g/mol. The molecule has 0 aliphatic carbocycles.